The topological polar surface area (TPSA) is 37.3 Å². The summed E-state index contributed by atoms with van der Waals surface area (Å²) in [5.41, 5.74) is 1.98. The summed E-state index contributed by atoms with van der Waals surface area (Å²) in [5, 5.41) is 10.9. The average Bonchev–Trinajstić information content (AvgIpc) is 2.81. The molecule has 2 rings (SSSR count). The number of rotatable bonds is 3. The van der Waals surface area contributed by atoms with Crippen LogP contribution in [0.4, 0.5) is 0 Å². The summed E-state index contributed by atoms with van der Waals surface area (Å²) in [5.74, 6) is -1.23. The molecule has 1 N–H and O–H groups in total. The average molecular weight is 232 g/mol. The third-order valence-electron chi connectivity index (χ3n) is 2.59. The minimum absolute atomic E-state index is 0.447. The Bertz CT molecular complexity index is 471. The maximum atomic E-state index is 10.8. The van der Waals surface area contributed by atoms with Crippen molar-refractivity contribution in [2.75, 3.05) is 0 Å². The molecule has 0 saturated heterocycles. The highest BCUT2D eigenvalue weighted by atomic mass is 32.1. The summed E-state index contributed by atoms with van der Waals surface area (Å²) in [6.07, 6.45) is 0. The second kappa shape index (κ2) is 4.49. The van der Waals surface area contributed by atoms with Crippen molar-refractivity contribution < 1.29 is 9.90 Å². The van der Waals surface area contributed by atoms with Crippen LogP contribution in [0.2, 0.25) is 0 Å². The van der Waals surface area contributed by atoms with Gasteiger partial charge in [-0.15, -0.1) is 11.3 Å². The van der Waals surface area contributed by atoms with E-state index in [4.69, 9.17) is 5.11 Å². The van der Waals surface area contributed by atoms with Crippen LogP contribution in [0.15, 0.2) is 41.8 Å². The highest BCUT2D eigenvalue weighted by molar-refractivity contribution is 7.13. The van der Waals surface area contributed by atoms with Crippen LogP contribution in [0.3, 0.4) is 0 Å². The number of carboxylic acids is 1. The molecule has 16 heavy (non-hydrogen) atoms. The van der Waals surface area contributed by atoms with Gasteiger partial charge in [0.05, 0.1) is 5.92 Å². The quantitative estimate of drug-likeness (QED) is 0.877. The monoisotopic (exact) mass is 232 g/mol. The smallest absolute Gasteiger partial charge is 0.310 e. The van der Waals surface area contributed by atoms with E-state index in [1.54, 1.807) is 18.3 Å². The second-order valence-electron chi connectivity index (χ2n) is 3.66. The first-order valence-electron chi connectivity index (χ1n) is 5.05. The fourth-order valence-corrected chi connectivity index (χ4v) is 2.25. The normalized spacial score (nSPS) is 12.3. The molecule has 0 radical (unpaired) electrons. The molecule has 1 atom stereocenters. The van der Waals surface area contributed by atoms with Gasteiger partial charge in [0.15, 0.2) is 0 Å². The van der Waals surface area contributed by atoms with Crippen molar-refractivity contribution in [3.05, 3.63) is 47.3 Å². The van der Waals surface area contributed by atoms with E-state index < -0.39 is 11.9 Å². The minimum Gasteiger partial charge on any atom is -0.481 e. The molecule has 2 nitrogen and oxygen atoms in total. The first-order valence-corrected chi connectivity index (χ1v) is 5.93. The van der Waals surface area contributed by atoms with E-state index in [0.717, 1.165) is 11.1 Å². The molecule has 0 fully saturated rings. The molecular weight excluding hydrogens is 220 g/mol. The Hall–Kier alpha value is -1.61. The van der Waals surface area contributed by atoms with Gasteiger partial charge in [-0.1, -0.05) is 30.3 Å². The van der Waals surface area contributed by atoms with Crippen LogP contribution in [0.1, 0.15) is 18.4 Å². The van der Waals surface area contributed by atoms with Crippen molar-refractivity contribution in [3.63, 3.8) is 0 Å². The van der Waals surface area contributed by atoms with Crippen LogP contribution in [0.25, 0.3) is 10.4 Å². The molecule has 82 valence electrons. The number of hydrogen-bond acceptors (Lipinski definition) is 2. The van der Waals surface area contributed by atoms with E-state index in [-0.39, 0.29) is 0 Å². The largest absolute Gasteiger partial charge is 0.481 e. The van der Waals surface area contributed by atoms with Gasteiger partial charge in [-0.05, 0) is 29.5 Å². The first kappa shape index (κ1) is 10.9. The van der Waals surface area contributed by atoms with E-state index in [1.165, 1.54) is 4.88 Å². The zero-order valence-electron chi connectivity index (χ0n) is 8.88. The predicted molar refractivity (Wildman–Crippen MR) is 65.8 cm³/mol. The molecule has 2 aromatic rings. The lowest BCUT2D eigenvalue weighted by Gasteiger charge is -2.06. The molecule has 1 heterocycles. The van der Waals surface area contributed by atoms with Gasteiger partial charge in [-0.3, -0.25) is 4.79 Å². The SMILES string of the molecule is C[C@H](C(=O)O)c1ccc(-c2cccs2)cc1. The van der Waals surface area contributed by atoms with Gasteiger partial charge in [-0.2, -0.15) is 0 Å². The van der Waals surface area contributed by atoms with Gasteiger partial charge < -0.3 is 5.11 Å². The maximum absolute atomic E-state index is 10.8. The maximum Gasteiger partial charge on any atom is 0.310 e. The lowest BCUT2D eigenvalue weighted by Crippen LogP contribution is -2.06. The molecule has 0 aliphatic rings. The Kier molecular flexibility index (Phi) is 3.06. The van der Waals surface area contributed by atoms with Gasteiger partial charge in [0.1, 0.15) is 0 Å². The van der Waals surface area contributed by atoms with E-state index in [9.17, 15) is 4.79 Å². The second-order valence-corrected chi connectivity index (χ2v) is 4.61. The molecule has 0 saturated carbocycles. The van der Waals surface area contributed by atoms with Gasteiger partial charge in [0, 0.05) is 4.88 Å². The van der Waals surface area contributed by atoms with Crippen LogP contribution in [-0.2, 0) is 4.79 Å². The molecule has 0 unspecified atom stereocenters. The van der Waals surface area contributed by atoms with Crippen molar-refractivity contribution in [3.8, 4) is 10.4 Å². The van der Waals surface area contributed by atoms with Crippen LogP contribution < -0.4 is 0 Å². The number of carboxylic acid groups (broad SMARTS) is 1. The predicted octanol–water partition coefficient (Wildman–Crippen LogP) is 3.60. The van der Waals surface area contributed by atoms with Gasteiger partial charge >= 0.3 is 5.97 Å². The van der Waals surface area contributed by atoms with E-state index in [1.807, 2.05) is 35.7 Å². The zero-order chi connectivity index (χ0) is 11.5. The van der Waals surface area contributed by atoms with Crippen molar-refractivity contribution in [2.45, 2.75) is 12.8 Å². The number of aliphatic carboxylic acids is 1. The molecule has 0 spiro atoms. The molecule has 3 heteroatoms. The molecular formula is C13H12O2S. The van der Waals surface area contributed by atoms with Crippen LogP contribution in [0, 0.1) is 0 Å². The summed E-state index contributed by atoms with van der Waals surface area (Å²) in [6.45, 7) is 1.70. The lowest BCUT2D eigenvalue weighted by atomic mass is 10.00. The Balaban J connectivity index is 2.26. The third kappa shape index (κ3) is 2.14. The van der Waals surface area contributed by atoms with Crippen molar-refractivity contribution in [2.24, 2.45) is 0 Å². The first-order chi connectivity index (χ1) is 7.68. The summed E-state index contributed by atoms with van der Waals surface area (Å²) in [6, 6.07) is 11.8. The Labute approximate surface area is 98.2 Å². The van der Waals surface area contributed by atoms with Gasteiger partial charge in [-0.25, -0.2) is 0 Å². The fourth-order valence-electron chi connectivity index (χ4n) is 1.52. The molecule has 0 bridgehead atoms. The molecule has 0 amide bonds. The zero-order valence-corrected chi connectivity index (χ0v) is 9.70. The minimum atomic E-state index is -0.788. The van der Waals surface area contributed by atoms with Crippen molar-refractivity contribution >= 4 is 17.3 Å². The van der Waals surface area contributed by atoms with Crippen molar-refractivity contribution in [1.29, 1.82) is 0 Å². The molecule has 1 aromatic carbocycles. The fraction of sp³-hybridized carbons (Fsp3) is 0.154. The molecule has 0 aliphatic carbocycles. The molecule has 1 aromatic heterocycles. The third-order valence-corrected chi connectivity index (χ3v) is 3.51. The highest BCUT2D eigenvalue weighted by Crippen LogP contribution is 2.26. The van der Waals surface area contributed by atoms with Crippen LogP contribution in [0.5, 0.6) is 0 Å². The summed E-state index contributed by atoms with van der Waals surface area (Å²) < 4.78 is 0. The number of benzene rings is 1. The standard InChI is InChI=1S/C13H12O2S/c1-9(13(14)15)10-4-6-11(7-5-10)12-3-2-8-16-12/h2-9H,1H3,(H,14,15)/t9-/m0/s1. The summed E-state index contributed by atoms with van der Waals surface area (Å²) in [4.78, 5) is 12.0. The summed E-state index contributed by atoms with van der Waals surface area (Å²) in [7, 11) is 0. The Morgan fingerprint density at radius 3 is 2.44 bits per heavy atom. The van der Waals surface area contributed by atoms with Crippen LogP contribution in [-0.4, -0.2) is 11.1 Å². The number of carbonyl (C=O) groups is 1. The van der Waals surface area contributed by atoms with Gasteiger partial charge in [0.2, 0.25) is 0 Å². The lowest BCUT2D eigenvalue weighted by molar-refractivity contribution is -0.138. The van der Waals surface area contributed by atoms with Crippen molar-refractivity contribution in [1.82, 2.24) is 0 Å². The number of thiophene rings is 1. The van der Waals surface area contributed by atoms with Crippen LogP contribution >= 0.6 is 11.3 Å². The molecule has 0 aliphatic heterocycles. The van der Waals surface area contributed by atoms with E-state index >= 15 is 0 Å². The van der Waals surface area contributed by atoms with Gasteiger partial charge in [0.25, 0.3) is 0 Å². The Morgan fingerprint density at radius 2 is 1.94 bits per heavy atom. The highest BCUT2D eigenvalue weighted by Gasteiger charge is 2.13. The van der Waals surface area contributed by atoms with E-state index in [0.29, 0.717) is 0 Å². The number of hydrogen-bond donors (Lipinski definition) is 1. The Morgan fingerprint density at radius 1 is 1.25 bits per heavy atom. The van der Waals surface area contributed by atoms with E-state index in [2.05, 4.69) is 6.07 Å². The summed E-state index contributed by atoms with van der Waals surface area (Å²) >= 11 is 1.68.